The SMILES string of the molecule is O=C(NCc1cccc(Cl)c1)c1ccccc1OCc1ccc(Cl)cc1. The molecule has 0 atom stereocenters. The highest BCUT2D eigenvalue weighted by molar-refractivity contribution is 6.30. The minimum atomic E-state index is -0.198. The fourth-order valence-corrected chi connectivity index (χ4v) is 2.79. The van der Waals surface area contributed by atoms with Crippen LogP contribution < -0.4 is 10.1 Å². The van der Waals surface area contributed by atoms with Crippen LogP contribution in [0.1, 0.15) is 21.5 Å². The smallest absolute Gasteiger partial charge is 0.255 e. The minimum Gasteiger partial charge on any atom is -0.488 e. The molecular formula is C21H17Cl2NO2. The number of benzene rings is 3. The standard InChI is InChI=1S/C21H17Cl2NO2/c22-17-10-8-15(9-11-17)14-26-20-7-2-1-6-19(20)21(25)24-13-16-4-3-5-18(23)12-16/h1-12H,13-14H2,(H,24,25). The average molecular weight is 386 g/mol. The van der Waals surface area contributed by atoms with Crippen molar-refractivity contribution in [2.45, 2.75) is 13.2 Å². The van der Waals surface area contributed by atoms with Crippen molar-refractivity contribution in [1.82, 2.24) is 5.32 Å². The van der Waals surface area contributed by atoms with Gasteiger partial charge >= 0.3 is 0 Å². The van der Waals surface area contributed by atoms with E-state index in [1.165, 1.54) is 0 Å². The van der Waals surface area contributed by atoms with E-state index in [2.05, 4.69) is 5.32 Å². The Kier molecular flexibility index (Phi) is 6.16. The molecule has 3 rings (SSSR count). The fourth-order valence-electron chi connectivity index (χ4n) is 2.45. The van der Waals surface area contributed by atoms with Crippen molar-refractivity contribution in [1.29, 1.82) is 0 Å². The van der Waals surface area contributed by atoms with E-state index < -0.39 is 0 Å². The van der Waals surface area contributed by atoms with Crippen molar-refractivity contribution in [3.05, 3.63) is 99.5 Å². The lowest BCUT2D eigenvalue weighted by Crippen LogP contribution is -2.23. The van der Waals surface area contributed by atoms with Gasteiger partial charge in [-0.25, -0.2) is 0 Å². The van der Waals surface area contributed by atoms with Gasteiger partial charge in [-0.1, -0.05) is 59.6 Å². The summed E-state index contributed by atoms with van der Waals surface area (Å²) >= 11 is 11.9. The molecule has 0 aliphatic rings. The highest BCUT2D eigenvalue weighted by atomic mass is 35.5. The number of hydrogen-bond acceptors (Lipinski definition) is 2. The van der Waals surface area contributed by atoms with Gasteiger partial charge in [0.2, 0.25) is 0 Å². The van der Waals surface area contributed by atoms with Crippen LogP contribution in [0.15, 0.2) is 72.8 Å². The summed E-state index contributed by atoms with van der Waals surface area (Å²) in [5.74, 6) is 0.336. The normalized spacial score (nSPS) is 10.4. The second-order valence-electron chi connectivity index (χ2n) is 5.72. The summed E-state index contributed by atoms with van der Waals surface area (Å²) in [5, 5.41) is 4.21. The molecule has 0 aromatic heterocycles. The van der Waals surface area contributed by atoms with Gasteiger partial charge in [0.15, 0.2) is 0 Å². The molecule has 3 aromatic carbocycles. The molecule has 0 aliphatic heterocycles. The van der Waals surface area contributed by atoms with Gasteiger partial charge in [0.1, 0.15) is 12.4 Å². The highest BCUT2D eigenvalue weighted by Crippen LogP contribution is 2.20. The van der Waals surface area contributed by atoms with Crippen LogP contribution in [0.25, 0.3) is 0 Å². The summed E-state index contributed by atoms with van der Waals surface area (Å²) in [5.41, 5.74) is 2.40. The van der Waals surface area contributed by atoms with Crippen LogP contribution in [0.3, 0.4) is 0 Å². The number of carbonyl (C=O) groups is 1. The Morgan fingerprint density at radius 3 is 2.38 bits per heavy atom. The quantitative estimate of drug-likeness (QED) is 0.607. The molecule has 0 bridgehead atoms. The number of nitrogens with one attached hydrogen (secondary N) is 1. The van der Waals surface area contributed by atoms with Crippen LogP contribution in [0.4, 0.5) is 0 Å². The summed E-state index contributed by atoms with van der Waals surface area (Å²) in [6.45, 7) is 0.751. The number of halogens is 2. The molecule has 26 heavy (non-hydrogen) atoms. The second kappa shape index (κ2) is 8.75. The molecule has 0 heterocycles. The first-order valence-electron chi connectivity index (χ1n) is 8.11. The van der Waals surface area contributed by atoms with E-state index in [-0.39, 0.29) is 5.91 Å². The predicted octanol–water partition coefficient (Wildman–Crippen LogP) is 5.50. The van der Waals surface area contributed by atoms with Gasteiger partial charge in [-0.2, -0.15) is 0 Å². The van der Waals surface area contributed by atoms with Crippen molar-refractivity contribution < 1.29 is 9.53 Å². The van der Waals surface area contributed by atoms with Gasteiger partial charge in [-0.3, -0.25) is 4.79 Å². The van der Waals surface area contributed by atoms with Crippen molar-refractivity contribution in [2.75, 3.05) is 0 Å². The summed E-state index contributed by atoms with van der Waals surface area (Å²) in [6, 6.07) is 22.0. The maximum absolute atomic E-state index is 12.5. The number of rotatable bonds is 6. The van der Waals surface area contributed by atoms with Gasteiger partial charge in [0.05, 0.1) is 5.56 Å². The molecule has 1 amide bonds. The third-order valence-electron chi connectivity index (χ3n) is 3.78. The molecule has 0 spiro atoms. The fraction of sp³-hybridized carbons (Fsp3) is 0.0952. The Morgan fingerprint density at radius 1 is 0.846 bits per heavy atom. The zero-order valence-electron chi connectivity index (χ0n) is 13.9. The lowest BCUT2D eigenvalue weighted by Gasteiger charge is -2.12. The summed E-state index contributed by atoms with van der Waals surface area (Å²) in [7, 11) is 0. The van der Waals surface area contributed by atoms with E-state index >= 15 is 0 Å². The van der Waals surface area contributed by atoms with Crippen LogP contribution in [0.5, 0.6) is 5.75 Å². The number of ether oxygens (including phenoxy) is 1. The largest absolute Gasteiger partial charge is 0.488 e. The maximum atomic E-state index is 12.5. The Labute approximate surface area is 162 Å². The lowest BCUT2D eigenvalue weighted by atomic mass is 10.1. The number of hydrogen-bond donors (Lipinski definition) is 1. The Morgan fingerprint density at radius 2 is 1.62 bits per heavy atom. The molecular weight excluding hydrogens is 369 g/mol. The summed E-state index contributed by atoms with van der Waals surface area (Å²) in [4.78, 5) is 12.5. The van der Waals surface area contributed by atoms with Gasteiger partial charge in [0, 0.05) is 16.6 Å². The van der Waals surface area contributed by atoms with Crippen molar-refractivity contribution >= 4 is 29.1 Å². The number of carbonyl (C=O) groups excluding carboxylic acids is 1. The van der Waals surface area contributed by atoms with Gasteiger partial charge in [0.25, 0.3) is 5.91 Å². The molecule has 0 unspecified atom stereocenters. The topological polar surface area (TPSA) is 38.3 Å². The predicted molar refractivity (Wildman–Crippen MR) is 105 cm³/mol. The van der Waals surface area contributed by atoms with Gasteiger partial charge < -0.3 is 10.1 Å². The van der Waals surface area contributed by atoms with Gasteiger partial charge in [-0.15, -0.1) is 0 Å². The Bertz CT molecular complexity index is 895. The third-order valence-corrected chi connectivity index (χ3v) is 4.27. The second-order valence-corrected chi connectivity index (χ2v) is 6.60. The van der Waals surface area contributed by atoms with Crippen molar-refractivity contribution in [2.24, 2.45) is 0 Å². The highest BCUT2D eigenvalue weighted by Gasteiger charge is 2.12. The van der Waals surface area contributed by atoms with E-state index in [1.807, 2.05) is 54.6 Å². The van der Waals surface area contributed by atoms with Crippen LogP contribution in [-0.2, 0) is 13.2 Å². The van der Waals surface area contributed by atoms with E-state index in [1.54, 1.807) is 18.2 Å². The third kappa shape index (κ3) is 5.01. The Hall–Kier alpha value is -2.49. The van der Waals surface area contributed by atoms with Crippen LogP contribution in [0, 0.1) is 0 Å². The van der Waals surface area contributed by atoms with Crippen molar-refractivity contribution in [3.8, 4) is 5.75 Å². The molecule has 5 heteroatoms. The summed E-state index contributed by atoms with van der Waals surface area (Å²) in [6.07, 6.45) is 0. The van der Waals surface area contributed by atoms with Crippen molar-refractivity contribution in [3.63, 3.8) is 0 Å². The first-order chi connectivity index (χ1) is 12.6. The maximum Gasteiger partial charge on any atom is 0.255 e. The molecule has 3 nitrogen and oxygen atoms in total. The van der Waals surface area contributed by atoms with Crippen LogP contribution in [0.2, 0.25) is 10.0 Å². The molecule has 3 aromatic rings. The number of amides is 1. The van der Waals surface area contributed by atoms with Crippen LogP contribution in [-0.4, -0.2) is 5.91 Å². The zero-order valence-corrected chi connectivity index (χ0v) is 15.4. The Balaban J connectivity index is 1.65. The monoisotopic (exact) mass is 385 g/mol. The average Bonchev–Trinajstić information content (AvgIpc) is 2.66. The van der Waals surface area contributed by atoms with E-state index in [0.29, 0.717) is 34.5 Å². The molecule has 132 valence electrons. The summed E-state index contributed by atoms with van der Waals surface area (Å²) < 4.78 is 5.83. The molecule has 0 saturated carbocycles. The molecule has 0 radical (unpaired) electrons. The molecule has 0 saturated heterocycles. The lowest BCUT2D eigenvalue weighted by molar-refractivity contribution is 0.0946. The van der Waals surface area contributed by atoms with E-state index in [4.69, 9.17) is 27.9 Å². The first kappa shape index (κ1) is 18.3. The number of para-hydroxylation sites is 1. The first-order valence-corrected chi connectivity index (χ1v) is 8.86. The minimum absolute atomic E-state index is 0.198. The molecule has 1 N–H and O–H groups in total. The van der Waals surface area contributed by atoms with E-state index in [9.17, 15) is 4.79 Å². The van der Waals surface area contributed by atoms with Crippen LogP contribution >= 0.6 is 23.2 Å². The molecule has 0 aliphatic carbocycles. The van der Waals surface area contributed by atoms with E-state index in [0.717, 1.165) is 11.1 Å². The molecule has 0 fully saturated rings. The zero-order chi connectivity index (χ0) is 18.4. The van der Waals surface area contributed by atoms with Gasteiger partial charge in [-0.05, 0) is 47.5 Å².